The Kier molecular flexibility index (Phi) is 6.10. The lowest BCUT2D eigenvalue weighted by Crippen LogP contribution is -2.27. The molecule has 0 heterocycles. The van der Waals surface area contributed by atoms with E-state index in [0.29, 0.717) is 5.96 Å². The van der Waals surface area contributed by atoms with E-state index in [-0.39, 0.29) is 17.9 Å². The molecule has 3 nitrogen and oxygen atoms in total. The van der Waals surface area contributed by atoms with Gasteiger partial charge >= 0.3 is 0 Å². The third kappa shape index (κ3) is 5.55. The summed E-state index contributed by atoms with van der Waals surface area (Å²) >= 11 is 2.26. The summed E-state index contributed by atoms with van der Waals surface area (Å²) in [4.78, 5) is 4.33. The van der Waals surface area contributed by atoms with Gasteiger partial charge in [-0.3, -0.25) is 0 Å². The predicted molar refractivity (Wildman–Crippen MR) is 81.4 cm³/mol. The fraction of sp³-hybridized carbons (Fsp3) is 0.364. The van der Waals surface area contributed by atoms with Crippen molar-refractivity contribution >= 4 is 46.6 Å². The van der Waals surface area contributed by atoms with Gasteiger partial charge in [0, 0.05) is 3.57 Å². The number of halogens is 2. The van der Waals surface area contributed by atoms with Crippen LogP contribution in [-0.2, 0) is 0 Å². The number of rotatable bonds is 1. The highest BCUT2D eigenvalue weighted by molar-refractivity contribution is 14.1. The SMILES string of the molecule is CC(C)(C)N=C(N)Nc1ccccc1I.Cl. The number of nitrogens with zero attached hydrogens (tertiary/aromatic N) is 1. The number of anilines is 1. The Balaban J connectivity index is 0.00000225. The molecule has 0 amide bonds. The summed E-state index contributed by atoms with van der Waals surface area (Å²) in [7, 11) is 0. The predicted octanol–water partition coefficient (Wildman–Crippen LogP) is 3.24. The van der Waals surface area contributed by atoms with E-state index in [1.165, 1.54) is 0 Å². The number of para-hydroxylation sites is 1. The molecule has 5 heteroatoms. The average Bonchev–Trinajstić information content (AvgIpc) is 2.05. The highest BCUT2D eigenvalue weighted by atomic mass is 127. The molecule has 0 atom stereocenters. The second-order valence-corrected chi connectivity index (χ2v) is 5.43. The Hall–Kier alpha value is -0.490. The lowest BCUT2D eigenvalue weighted by molar-refractivity contribution is 0.583. The van der Waals surface area contributed by atoms with Crippen molar-refractivity contribution in [3.63, 3.8) is 0 Å². The van der Waals surface area contributed by atoms with Crippen molar-refractivity contribution in [1.29, 1.82) is 0 Å². The Labute approximate surface area is 116 Å². The van der Waals surface area contributed by atoms with Crippen LogP contribution in [0.4, 0.5) is 5.69 Å². The van der Waals surface area contributed by atoms with Crippen LogP contribution in [0.1, 0.15) is 20.8 Å². The molecule has 0 aromatic heterocycles. The van der Waals surface area contributed by atoms with Gasteiger partial charge in [0.15, 0.2) is 5.96 Å². The number of hydrogen-bond acceptors (Lipinski definition) is 1. The molecule has 0 spiro atoms. The first kappa shape index (κ1) is 15.5. The largest absolute Gasteiger partial charge is 0.370 e. The topological polar surface area (TPSA) is 50.4 Å². The zero-order valence-electron chi connectivity index (χ0n) is 9.62. The van der Waals surface area contributed by atoms with Gasteiger partial charge < -0.3 is 11.1 Å². The van der Waals surface area contributed by atoms with E-state index in [0.717, 1.165) is 9.26 Å². The van der Waals surface area contributed by atoms with Crippen molar-refractivity contribution < 1.29 is 0 Å². The molecule has 0 aliphatic rings. The minimum atomic E-state index is -0.155. The second kappa shape index (κ2) is 6.30. The zero-order chi connectivity index (χ0) is 11.5. The Morgan fingerprint density at radius 1 is 1.31 bits per heavy atom. The van der Waals surface area contributed by atoms with E-state index < -0.39 is 0 Å². The summed E-state index contributed by atoms with van der Waals surface area (Å²) in [5.41, 5.74) is 6.63. The fourth-order valence-electron chi connectivity index (χ4n) is 1.09. The van der Waals surface area contributed by atoms with Crippen molar-refractivity contribution in [2.45, 2.75) is 26.3 Å². The molecule has 0 aliphatic carbocycles. The number of nitrogens with two attached hydrogens (primary N) is 1. The molecule has 90 valence electrons. The third-order valence-corrected chi connectivity index (χ3v) is 2.53. The van der Waals surface area contributed by atoms with Gasteiger partial charge in [-0.25, -0.2) is 4.99 Å². The van der Waals surface area contributed by atoms with Crippen LogP contribution >= 0.6 is 35.0 Å². The molecule has 1 aromatic carbocycles. The average molecular weight is 354 g/mol. The van der Waals surface area contributed by atoms with Crippen molar-refractivity contribution in [2.75, 3.05) is 5.32 Å². The summed E-state index contributed by atoms with van der Waals surface area (Å²) in [6.45, 7) is 6.03. The van der Waals surface area contributed by atoms with E-state index in [1.807, 2.05) is 45.0 Å². The van der Waals surface area contributed by atoms with Crippen molar-refractivity contribution in [3.05, 3.63) is 27.8 Å². The highest BCUT2D eigenvalue weighted by Gasteiger charge is 2.08. The first-order valence-corrected chi connectivity index (χ1v) is 5.83. The number of benzene rings is 1. The number of nitrogens with one attached hydrogen (secondary N) is 1. The maximum Gasteiger partial charge on any atom is 0.193 e. The molecule has 0 bridgehead atoms. The summed E-state index contributed by atoms with van der Waals surface area (Å²) in [6.07, 6.45) is 0. The molecular formula is C11H17ClIN3. The van der Waals surface area contributed by atoms with Gasteiger partial charge in [-0.05, 0) is 55.5 Å². The van der Waals surface area contributed by atoms with E-state index in [1.54, 1.807) is 0 Å². The first-order valence-electron chi connectivity index (χ1n) is 4.75. The molecular weight excluding hydrogens is 336 g/mol. The standard InChI is InChI=1S/C11H16IN3.ClH/c1-11(2,3)15-10(13)14-9-7-5-4-6-8(9)12;/h4-7H,1-3H3,(H3,13,14,15);1H. The van der Waals surface area contributed by atoms with E-state index in [2.05, 4.69) is 32.9 Å². The van der Waals surface area contributed by atoms with Crippen molar-refractivity contribution in [2.24, 2.45) is 10.7 Å². The molecule has 0 saturated carbocycles. The lowest BCUT2D eigenvalue weighted by Gasteiger charge is -2.15. The first-order chi connectivity index (χ1) is 6.88. The van der Waals surface area contributed by atoms with Crippen molar-refractivity contribution in [3.8, 4) is 0 Å². The normalized spacial score (nSPS) is 11.9. The van der Waals surface area contributed by atoms with Crippen LogP contribution in [0, 0.1) is 3.57 Å². The maximum absolute atomic E-state index is 5.80. The molecule has 0 aliphatic heterocycles. The van der Waals surface area contributed by atoms with Gasteiger partial charge in [0.2, 0.25) is 0 Å². The van der Waals surface area contributed by atoms with Crippen LogP contribution in [0.2, 0.25) is 0 Å². The van der Waals surface area contributed by atoms with Gasteiger partial charge in [0.1, 0.15) is 0 Å². The minimum absolute atomic E-state index is 0. The number of guanidine groups is 1. The van der Waals surface area contributed by atoms with Crippen LogP contribution in [0.3, 0.4) is 0 Å². The Bertz CT molecular complexity index is 372. The summed E-state index contributed by atoms with van der Waals surface area (Å²) in [5, 5.41) is 3.09. The van der Waals surface area contributed by atoms with Gasteiger partial charge in [0.25, 0.3) is 0 Å². The minimum Gasteiger partial charge on any atom is -0.370 e. The summed E-state index contributed by atoms with van der Waals surface area (Å²) < 4.78 is 1.13. The Morgan fingerprint density at radius 3 is 2.38 bits per heavy atom. The number of aliphatic imine (C=N–C) groups is 1. The van der Waals surface area contributed by atoms with Gasteiger partial charge in [0.05, 0.1) is 11.2 Å². The molecule has 1 aromatic rings. The van der Waals surface area contributed by atoms with Gasteiger partial charge in [-0.1, -0.05) is 12.1 Å². The zero-order valence-corrected chi connectivity index (χ0v) is 12.6. The van der Waals surface area contributed by atoms with Crippen LogP contribution in [0.25, 0.3) is 0 Å². The van der Waals surface area contributed by atoms with Gasteiger partial charge in [-0.2, -0.15) is 0 Å². The fourth-order valence-corrected chi connectivity index (χ4v) is 1.61. The molecule has 3 N–H and O–H groups in total. The van der Waals surface area contributed by atoms with Crippen LogP contribution in [-0.4, -0.2) is 11.5 Å². The molecule has 0 fully saturated rings. The van der Waals surface area contributed by atoms with E-state index in [4.69, 9.17) is 5.73 Å². The Morgan fingerprint density at radius 2 is 1.88 bits per heavy atom. The summed E-state index contributed by atoms with van der Waals surface area (Å²) in [5.74, 6) is 0.451. The van der Waals surface area contributed by atoms with E-state index in [9.17, 15) is 0 Å². The third-order valence-electron chi connectivity index (χ3n) is 1.59. The molecule has 0 saturated heterocycles. The molecule has 1 rings (SSSR count). The van der Waals surface area contributed by atoms with Gasteiger partial charge in [-0.15, -0.1) is 12.4 Å². The van der Waals surface area contributed by atoms with Crippen molar-refractivity contribution in [1.82, 2.24) is 0 Å². The highest BCUT2D eigenvalue weighted by Crippen LogP contribution is 2.17. The van der Waals surface area contributed by atoms with Crippen LogP contribution in [0.5, 0.6) is 0 Å². The molecule has 0 radical (unpaired) electrons. The van der Waals surface area contributed by atoms with Crippen LogP contribution in [0.15, 0.2) is 29.3 Å². The van der Waals surface area contributed by atoms with E-state index >= 15 is 0 Å². The molecule has 16 heavy (non-hydrogen) atoms. The molecule has 0 unspecified atom stereocenters. The van der Waals surface area contributed by atoms with Crippen LogP contribution < -0.4 is 11.1 Å². The number of hydrogen-bond donors (Lipinski definition) is 2. The smallest absolute Gasteiger partial charge is 0.193 e. The summed E-state index contributed by atoms with van der Waals surface area (Å²) in [6, 6.07) is 7.96. The lowest BCUT2D eigenvalue weighted by atomic mass is 10.1. The quantitative estimate of drug-likeness (QED) is 0.463. The maximum atomic E-state index is 5.80. The second-order valence-electron chi connectivity index (χ2n) is 4.27. The monoisotopic (exact) mass is 353 g/mol.